The Kier molecular flexibility index (Phi) is 7.58. The Morgan fingerprint density at radius 1 is 1.08 bits per heavy atom. The maximum Gasteiger partial charge on any atom is 0.341 e. The number of thiazole rings is 1. The van der Waals surface area contributed by atoms with Crippen LogP contribution < -0.4 is 5.32 Å². The van der Waals surface area contributed by atoms with E-state index in [0.717, 1.165) is 39.9 Å². The van der Waals surface area contributed by atoms with Crippen LogP contribution in [0.1, 0.15) is 58.3 Å². The number of esters is 2. The highest BCUT2D eigenvalue weighted by atomic mass is 32.1. The van der Waals surface area contributed by atoms with Gasteiger partial charge < -0.3 is 14.8 Å². The van der Waals surface area contributed by atoms with Crippen LogP contribution in [0, 0.1) is 5.92 Å². The Morgan fingerprint density at radius 3 is 2.63 bits per heavy atom. The first-order valence-electron chi connectivity index (χ1n) is 12.6. The molecule has 2 aromatic heterocycles. The van der Waals surface area contributed by atoms with Gasteiger partial charge in [0.25, 0.3) is 5.91 Å². The molecule has 0 bridgehead atoms. The fraction of sp³-hybridized carbons (Fsp3) is 0.310. The third-order valence-corrected chi connectivity index (χ3v) is 8.79. The molecule has 0 spiro atoms. The van der Waals surface area contributed by atoms with Crippen LogP contribution in [0.2, 0.25) is 0 Å². The Balaban J connectivity index is 1.35. The minimum atomic E-state index is -1.08. The third-order valence-electron chi connectivity index (χ3n) is 6.55. The highest BCUT2D eigenvalue weighted by Gasteiger charge is 2.30. The fourth-order valence-corrected chi connectivity index (χ4v) is 6.99. The van der Waals surface area contributed by atoms with E-state index in [2.05, 4.69) is 17.2 Å². The monoisotopic (exact) mass is 548 g/mol. The van der Waals surface area contributed by atoms with Gasteiger partial charge in [-0.15, -0.1) is 22.7 Å². The van der Waals surface area contributed by atoms with Crippen molar-refractivity contribution in [2.75, 3.05) is 11.9 Å². The molecule has 4 aromatic rings. The minimum Gasteiger partial charge on any atom is -0.462 e. The topological polar surface area (TPSA) is 94.6 Å². The predicted octanol–water partition coefficient (Wildman–Crippen LogP) is 6.51. The number of hydrogen-bond donors (Lipinski definition) is 1. The normalized spacial score (nSPS) is 15.5. The second-order valence-electron chi connectivity index (χ2n) is 9.35. The second-order valence-corrected chi connectivity index (χ2v) is 11.5. The summed E-state index contributed by atoms with van der Waals surface area (Å²) in [6, 6.07) is 14.9. The predicted molar refractivity (Wildman–Crippen MR) is 150 cm³/mol. The lowest BCUT2D eigenvalue weighted by atomic mass is 9.88. The highest BCUT2D eigenvalue weighted by Crippen LogP contribution is 2.40. The number of thiophene rings is 1. The molecule has 1 amide bonds. The van der Waals surface area contributed by atoms with Crippen molar-refractivity contribution < 1.29 is 23.9 Å². The fourth-order valence-electron chi connectivity index (χ4n) is 4.58. The molecule has 1 aliphatic rings. The lowest BCUT2D eigenvalue weighted by Gasteiger charge is -2.18. The van der Waals surface area contributed by atoms with Gasteiger partial charge in [0.2, 0.25) is 0 Å². The molecule has 0 fully saturated rings. The van der Waals surface area contributed by atoms with Crippen molar-refractivity contribution in [1.82, 2.24) is 4.98 Å². The zero-order chi connectivity index (χ0) is 26.8. The standard InChI is InChI=1S/C29H28N2O5S2/c1-4-35-29(34)24-20-14-13-16(2)15-23(20)38-27(24)31-25(32)17(3)36-28(33)19-10-6-5-9-18(19)26-30-21-11-7-8-12-22(21)37-26/h5-12,16-17H,4,13-15H2,1-3H3,(H,31,32). The number of hydrogen-bond acceptors (Lipinski definition) is 8. The van der Waals surface area contributed by atoms with Crippen molar-refractivity contribution in [2.45, 2.75) is 46.1 Å². The van der Waals surface area contributed by atoms with Gasteiger partial charge in [-0.05, 0) is 62.8 Å². The van der Waals surface area contributed by atoms with Crippen molar-refractivity contribution in [3.8, 4) is 10.6 Å². The molecule has 2 aromatic carbocycles. The number of ether oxygens (including phenoxy) is 2. The SMILES string of the molecule is CCOC(=O)c1c(NC(=O)C(C)OC(=O)c2ccccc2-c2nc3ccccc3s2)sc2c1CCC(C)C2. The van der Waals surface area contributed by atoms with Gasteiger partial charge in [0.1, 0.15) is 10.0 Å². The lowest BCUT2D eigenvalue weighted by Crippen LogP contribution is -2.30. The molecule has 7 nitrogen and oxygen atoms in total. The van der Waals surface area contributed by atoms with Crippen LogP contribution in [0.3, 0.4) is 0 Å². The summed E-state index contributed by atoms with van der Waals surface area (Å²) in [5.74, 6) is -1.06. The maximum atomic E-state index is 13.2. The van der Waals surface area contributed by atoms with Crippen molar-refractivity contribution in [3.63, 3.8) is 0 Å². The van der Waals surface area contributed by atoms with E-state index < -0.39 is 23.9 Å². The number of rotatable bonds is 7. The summed E-state index contributed by atoms with van der Waals surface area (Å²) in [5.41, 5.74) is 3.21. The average Bonchev–Trinajstić information content (AvgIpc) is 3.49. The van der Waals surface area contributed by atoms with Crippen LogP contribution in [0.15, 0.2) is 48.5 Å². The number of anilines is 1. The van der Waals surface area contributed by atoms with E-state index in [1.807, 2.05) is 36.4 Å². The van der Waals surface area contributed by atoms with Gasteiger partial charge in [-0.3, -0.25) is 4.79 Å². The summed E-state index contributed by atoms with van der Waals surface area (Å²) < 4.78 is 11.9. The van der Waals surface area contributed by atoms with E-state index in [0.29, 0.717) is 32.6 Å². The molecule has 9 heteroatoms. The molecule has 0 radical (unpaired) electrons. The number of nitrogens with one attached hydrogen (secondary N) is 1. The molecular weight excluding hydrogens is 520 g/mol. The molecule has 5 rings (SSSR count). The summed E-state index contributed by atoms with van der Waals surface area (Å²) in [6.45, 7) is 5.70. The number of nitrogens with zero attached hydrogens (tertiary/aromatic N) is 1. The number of para-hydroxylation sites is 1. The van der Waals surface area contributed by atoms with Gasteiger partial charge in [-0.2, -0.15) is 0 Å². The number of aromatic nitrogens is 1. The molecule has 38 heavy (non-hydrogen) atoms. The first-order chi connectivity index (χ1) is 18.4. The Bertz CT molecular complexity index is 1490. The van der Waals surface area contributed by atoms with Crippen LogP contribution >= 0.6 is 22.7 Å². The minimum absolute atomic E-state index is 0.245. The first kappa shape index (κ1) is 26.1. The van der Waals surface area contributed by atoms with Gasteiger partial charge in [-0.1, -0.05) is 37.3 Å². The van der Waals surface area contributed by atoms with Gasteiger partial charge in [0, 0.05) is 10.4 Å². The largest absolute Gasteiger partial charge is 0.462 e. The lowest BCUT2D eigenvalue weighted by molar-refractivity contribution is -0.123. The van der Waals surface area contributed by atoms with E-state index in [-0.39, 0.29) is 6.61 Å². The van der Waals surface area contributed by atoms with Gasteiger partial charge >= 0.3 is 11.9 Å². The van der Waals surface area contributed by atoms with E-state index in [1.54, 1.807) is 19.1 Å². The van der Waals surface area contributed by atoms with E-state index in [9.17, 15) is 14.4 Å². The number of carbonyl (C=O) groups is 3. The third kappa shape index (κ3) is 5.21. The van der Waals surface area contributed by atoms with E-state index >= 15 is 0 Å². The molecule has 2 unspecified atom stereocenters. The molecule has 2 atom stereocenters. The number of amides is 1. The smallest absolute Gasteiger partial charge is 0.341 e. The van der Waals surface area contributed by atoms with Crippen LogP contribution in [0.5, 0.6) is 0 Å². The number of carbonyl (C=O) groups excluding carboxylic acids is 3. The number of benzene rings is 2. The Labute approximate surface area is 228 Å². The van der Waals surface area contributed by atoms with Crippen LogP contribution in [-0.4, -0.2) is 35.5 Å². The van der Waals surface area contributed by atoms with Gasteiger partial charge in [0.05, 0.1) is 28.0 Å². The summed E-state index contributed by atoms with van der Waals surface area (Å²) in [7, 11) is 0. The van der Waals surface area contributed by atoms with Crippen molar-refractivity contribution in [1.29, 1.82) is 0 Å². The van der Waals surface area contributed by atoms with E-state index in [4.69, 9.17) is 9.47 Å². The summed E-state index contributed by atoms with van der Waals surface area (Å²) in [5, 5.41) is 3.99. The second kappa shape index (κ2) is 11.0. The van der Waals surface area contributed by atoms with Crippen LogP contribution in [0.25, 0.3) is 20.8 Å². The highest BCUT2D eigenvalue weighted by molar-refractivity contribution is 7.21. The van der Waals surface area contributed by atoms with Crippen molar-refractivity contribution in [2.24, 2.45) is 5.92 Å². The Hall–Kier alpha value is -3.56. The number of fused-ring (bicyclic) bond motifs is 2. The zero-order valence-electron chi connectivity index (χ0n) is 21.4. The quantitative estimate of drug-likeness (QED) is 0.265. The summed E-state index contributed by atoms with van der Waals surface area (Å²) in [4.78, 5) is 44.8. The molecule has 1 N–H and O–H groups in total. The zero-order valence-corrected chi connectivity index (χ0v) is 23.0. The van der Waals surface area contributed by atoms with Gasteiger partial charge in [-0.25, -0.2) is 14.6 Å². The molecule has 196 valence electrons. The van der Waals surface area contributed by atoms with Crippen LogP contribution in [0.4, 0.5) is 5.00 Å². The summed E-state index contributed by atoms with van der Waals surface area (Å²) in [6.07, 6.45) is 1.52. The Morgan fingerprint density at radius 2 is 1.84 bits per heavy atom. The van der Waals surface area contributed by atoms with Crippen LogP contribution in [-0.2, 0) is 27.1 Å². The van der Waals surface area contributed by atoms with Crippen molar-refractivity contribution >= 4 is 55.7 Å². The molecule has 0 aliphatic heterocycles. The maximum absolute atomic E-state index is 13.2. The summed E-state index contributed by atoms with van der Waals surface area (Å²) >= 11 is 2.89. The molecule has 2 heterocycles. The molecule has 0 saturated heterocycles. The first-order valence-corrected chi connectivity index (χ1v) is 14.3. The van der Waals surface area contributed by atoms with E-state index in [1.165, 1.54) is 29.6 Å². The molecule has 0 saturated carbocycles. The average molecular weight is 549 g/mol. The molecule has 1 aliphatic carbocycles. The molecular formula is C29H28N2O5S2. The van der Waals surface area contributed by atoms with Gasteiger partial charge in [0.15, 0.2) is 6.10 Å². The van der Waals surface area contributed by atoms with Crippen molar-refractivity contribution in [3.05, 3.63) is 70.1 Å².